The van der Waals surface area contributed by atoms with Crippen molar-refractivity contribution in [3.05, 3.63) is 48.5 Å². The Bertz CT molecular complexity index is 704. The van der Waals surface area contributed by atoms with Crippen molar-refractivity contribution in [2.45, 2.75) is 32.0 Å². The molecule has 0 saturated heterocycles. The van der Waals surface area contributed by atoms with Crippen LogP contribution in [0.5, 0.6) is 11.5 Å². The van der Waals surface area contributed by atoms with E-state index in [9.17, 15) is 13.2 Å². The van der Waals surface area contributed by atoms with E-state index in [0.717, 1.165) is 37.2 Å². The zero-order valence-corrected chi connectivity index (χ0v) is 15.5. The smallest absolute Gasteiger partial charge is 0.494 e. The van der Waals surface area contributed by atoms with E-state index < -0.39 is 6.36 Å². The van der Waals surface area contributed by atoms with Crippen LogP contribution in [0.3, 0.4) is 0 Å². The van der Waals surface area contributed by atoms with Crippen molar-refractivity contribution >= 4 is 24.0 Å². The second kappa shape index (κ2) is 10.8. The second-order valence-corrected chi connectivity index (χ2v) is 6.17. The van der Waals surface area contributed by atoms with Gasteiger partial charge in [-0.15, -0.1) is 13.2 Å². The third kappa shape index (κ3) is 8.81. The topological polar surface area (TPSA) is 43.2 Å². The molecule has 146 valence electrons. The van der Waals surface area contributed by atoms with Crippen molar-refractivity contribution in [2.24, 2.45) is 10.2 Å². The molecule has 0 aliphatic heterocycles. The van der Waals surface area contributed by atoms with Gasteiger partial charge in [0, 0.05) is 0 Å². The van der Waals surface area contributed by atoms with E-state index in [1.807, 2.05) is 12.1 Å². The maximum Gasteiger partial charge on any atom is 0.573 e. The van der Waals surface area contributed by atoms with Gasteiger partial charge < -0.3 is 9.47 Å². The van der Waals surface area contributed by atoms with Crippen LogP contribution in [0.25, 0.3) is 0 Å². The Labute approximate surface area is 161 Å². The lowest BCUT2D eigenvalue weighted by atomic mass is 10.2. The van der Waals surface area contributed by atoms with Gasteiger partial charge in [0.2, 0.25) is 0 Å². The second-order valence-electron chi connectivity index (χ2n) is 5.72. The maximum atomic E-state index is 12.1. The number of thiol groups is 1. The van der Waals surface area contributed by atoms with Gasteiger partial charge in [-0.25, -0.2) is 0 Å². The summed E-state index contributed by atoms with van der Waals surface area (Å²) in [6, 6.07) is 12.3. The van der Waals surface area contributed by atoms with Gasteiger partial charge in [-0.3, -0.25) is 0 Å². The van der Waals surface area contributed by atoms with E-state index in [2.05, 4.69) is 27.6 Å². The van der Waals surface area contributed by atoms with Crippen molar-refractivity contribution in [2.75, 3.05) is 12.4 Å². The summed E-state index contributed by atoms with van der Waals surface area (Å²) in [5.41, 5.74) is 1.04. The van der Waals surface area contributed by atoms with Crippen LogP contribution in [0.2, 0.25) is 0 Å². The maximum absolute atomic E-state index is 12.1. The zero-order chi connectivity index (χ0) is 19.5. The van der Waals surface area contributed by atoms with Gasteiger partial charge in [-0.1, -0.05) is 12.8 Å². The molecule has 0 fully saturated rings. The summed E-state index contributed by atoms with van der Waals surface area (Å²) in [5, 5.41) is 8.04. The minimum absolute atomic E-state index is 0.298. The van der Waals surface area contributed by atoms with E-state index in [1.54, 1.807) is 12.1 Å². The summed E-state index contributed by atoms with van der Waals surface area (Å²) in [6.45, 7) is 0.666. The molecule has 2 aromatic rings. The number of unbranched alkanes of at least 4 members (excludes halogenated alkanes) is 3. The van der Waals surface area contributed by atoms with Crippen molar-refractivity contribution in [3.63, 3.8) is 0 Å². The highest BCUT2D eigenvalue weighted by atomic mass is 32.1. The molecule has 0 bridgehead atoms. The molecule has 0 aliphatic rings. The molecule has 2 rings (SSSR count). The van der Waals surface area contributed by atoms with Gasteiger partial charge in [-0.05, 0) is 67.1 Å². The Balaban J connectivity index is 1.80. The number of nitrogens with zero attached hydrogens (tertiary/aromatic N) is 2. The zero-order valence-electron chi connectivity index (χ0n) is 14.7. The minimum Gasteiger partial charge on any atom is -0.494 e. The molecule has 0 saturated carbocycles. The molecule has 0 amide bonds. The Hall–Kier alpha value is -2.22. The average molecular weight is 398 g/mol. The molecule has 0 aliphatic carbocycles. The highest BCUT2D eigenvalue weighted by Gasteiger charge is 2.30. The van der Waals surface area contributed by atoms with Crippen LogP contribution in [-0.2, 0) is 0 Å². The Kier molecular flexibility index (Phi) is 8.44. The van der Waals surface area contributed by atoms with Crippen LogP contribution in [-0.4, -0.2) is 18.7 Å². The molecule has 8 heteroatoms. The van der Waals surface area contributed by atoms with Crippen LogP contribution in [0, 0.1) is 0 Å². The first kappa shape index (κ1) is 21.1. The summed E-state index contributed by atoms with van der Waals surface area (Å²) in [4.78, 5) is 0. The van der Waals surface area contributed by atoms with Crippen LogP contribution < -0.4 is 9.47 Å². The third-order valence-electron chi connectivity index (χ3n) is 3.51. The van der Waals surface area contributed by atoms with Crippen molar-refractivity contribution < 1.29 is 22.6 Å². The molecule has 2 aromatic carbocycles. The number of hydrogen-bond donors (Lipinski definition) is 1. The van der Waals surface area contributed by atoms with Crippen LogP contribution in [0.15, 0.2) is 58.8 Å². The molecule has 0 atom stereocenters. The molecule has 0 heterocycles. The monoisotopic (exact) mass is 398 g/mol. The fourth-order valence-corrected chi connectivity index (χ4v) is 2.42. The fraction of sp³-hybridized carbons (Fsp3) is 0.368. The molecule has 4 nitrogen and oxygen atoms in total. The molecule has 0 aromatic heterocycles. The van der Waals surface area contributed by atoms with E-state index in [-0.39, 0.29) is 5.75 Å². The number of halogens is 3. The number of rotatable bonds is 10. The first-order chi connectivity index (χ1) is 13.0. The van der Waals surface area contributed by atoms with Crippen molar-refractivity contribution in [1.29, 1.82) is 0 Å². The predicted molar refractivity (Wildman–Crippen MR) is 102 cm³/mol. The molecule has 0 radical (unpaired) electrons. The number of ether oxygens (including phenoxy) is 2. The van der Waals surface area contributed by atoms with Gasteiger partial charge in [0.25, 0.3) is 0 Å². The Morgan fingerprint density at radius 3 is 1.78 bits per heavy atom. The van der Waals surface area contributed by atoms with Gasteiger partial charge in [0.15, 0.2) is 0 Å². The fourth-order valence-electron chi connectivity index (χ4n) is 2.20. The molecular weight excluding hydrogens is 377 g/mol. The van der Waals surface area contributed by atoms with E-state index in [1.165, 1.54) is 24.3 Å². The summed E-state index contributed by atoms with van der Waals surface area (Å²) >= 11 is 4.18. The third-order valence-corrected chi connectivity index (χ3v) is 3.83. The van der Waals surface area contributed by atoms with Gasteiger partial charge in [0.05, 0.1) is 18.0 Å². The van der Waals surface area contributed by atoms with Crippen LogP contribution in [0.4, 0.5) is 24.5 Å². The molecule has 27 heavy (non-hydrogen) atoms. The van der Waals surface area contributed by atoms with Gasteiger partial charge in [-0.2, -0.15) is 22.9 Å². The molecular formula is C19H21F3N2O2S. The number of alkyl halides is 3. The van der Waals surface area contributed by atoms with Gasteiger partial charge >= 0.3 is 6.36 Å². The molecule has 0 unspecified atom stereocenters. The summed E-state index contributed by atoms with van der Waals surface area (Å²) in [5.74, 6) is 1.38. The highest BCUT2D eigenvalue weighted by molar-refractivity contribution is 7.80. The largest absolute Gasteiger partial charge is 0.573 e. The quantitative estimate of drug-likeness (QED) is 0.270. The first-order valence-corrected chi connectivity index (χ1v) is 9.21. The van der Waals surface area contributed by atoms with E-state index in [0.29, 0.717) is 18.0 Å². The Morgan fingerprint density at radius 1 is 0.741 bits per heavy atom. The molecule has 0 spiro atoms. The lowest BCUT2D eigenvalue weighted by Gasteiger charge is -2.08. The average Bonchev–Trinajstić information content (AvgIpc) is 2.64. The summed E-state index contributed by atoms with van der Waals surface area (Å²) in [6.07, 6.45) is -0.293. The number of azo groups is 1. The molecule has 0 N–H and O–H groups in total. The lowest BCUT2D eigenvalue weighted by Crippen LogP contribution is -2.16. The lowest BCUT2D eigenvalue weighted by molar-refractivity contribution is -0.274. The summed E-state index contributed by atoms with van der Waals surface area (Å²) in [7, 11) is 0. The van der Waals surface area contributed by atoms with Gasteiger partial charge in [0.1, 0.15) is 11.5 Å². The van der Waals surface area contributed by atoms with Crippen molar-refractivity contribution in [3.8, 4) is 11.5 Å². The van der Waals surface area contributed by atoms with E-state index >= 15 is 0 Å². The SMILES string of the molecule is FC(F)(F)Oc1ccc(N=Nc2ccc(OCCCCCCS)cc2)cc1. The van der Waals surface area contributed by atoms with Crippen molar-refractivity contribution in [1.82, 2.24) is 0 Å². The first-order valence-electron chi connectivity index (χ1n) is 8.57. The van der Waals surface area contributed by atoms with Crippen LogP contribution >= 0.6 is 12.6 Å². The summed E-state index contributed by atoms with van der Waals surface area (Å²) < 4.78 is 45.8. The highest BCUT2D eigenvalue weighted by Crippen LogP contribution is 2.26. The number of benzene rings is 2. The standard InChI is InChI=1S/C19H21F3N2O2S/c20-19(21,22)26-18-11-7-16(8-12-18)24-23-15-5-9-17(10-6-15)25-13-3-1-2-4-14-27/h5-12,27H,1-4,13-14H2. The predicted octanol–water partition coefficient (Wildman–Crippen LogP) is 6.87. The van der Waals surface area contributed by atoms with E-state index in [4.69, 9.17) is 4.74 Å². The Morgan fingerprint density at radius 2 is 1.26 bits per heavy atom. The normalized spacial score (nSPS) is 11.7. The number of hydrogen-bond acceptors (Lipinski definition) is 5. The van der Waals surface area contributed by atoms with Crippen LogP contribution in [0.1, 0.15) is 25.7 Å². The minimum atomic E-state index is -4.71.